The molecule has 0 aromatic heterocycles. The third-order valence-electron chi connectivity index (χ3n) is 9.24. The molecule has 250 valence electrons. The number of hydrogen-bond donors (Lipinski definition) is 5. The molecule has 0 spiro atoms. The summed E-state index contributed by atoms with van der Waals surface area (Å²) in [5.41, 5.74) is 29.3. The third kappa shape index (κ3) is 7.57. The molecule has 2 aromatic rings. The maximum absolute atomic E-state index is 13.1. The topological polar surface area (TPSA) is 235 Å². The van der Waals surface area contributed by atoms with E-state index >= 15 is 0 Å². The van der Waals surface area contributed by atoms with Gasteiger partial charge in [0.2, 0.25) is 0 Å². The zero-order valence-electron chi connectivity index (χ0n) is 26.7. The Morgan fingerprint density at radius 1 is 0.630 bits per heavy atom. The summed E-state index contributed by atoms with van der Waals surface area (Å²) in [6.07, 6.45) is 7.89. The molecule has 46 heavy (non-hydrogen) atoms. The average molecular weight is 640 g/mol. The van der Waals surface area contributed by atoms with Gasteiger partial charge in [-0.1, -0.05) is 26.7 Å². The van der Waals surface area contributed by atoms with Crippen molar-refractivity contribution in [3.05, 3.63) is 28.8 Å². The molecule has 2 saturated carbocycles. The number of nitrogens with two attached hydrogens (primary N) is 5. The Bertz CT molecular complexity index is 1390. The number of ether oxygens (including phenoxy) is 4. The summed E-state index contributed by atoms with van der Waals surface area (Å²) in [5, 5.41) is 0. The summed E-state index contributed by atoms with van der Waals surface area (Å²) in [6, 6.07) is 2.57. The van der Waals surface area contributed by atoms with E-state index in [0.717, 1.165) is 38.5 Å². The van der Waals surface area contributed by atoms with Gasteiger partial charge in [0.05, 0.1) is 41.7 Å². The molecule has 0 amide bonds. The van der Waals surface area contributed by atoms with Crippen molar-refractivity contribution in [1.82, 2.24) is 0 Å². The second-order valence-electron chi connectivity index (χ2n) is 12.4. The van der Waals surface area contributed by atoms with Gasteiger partial charge in [-0.3, -0.25) is 0 Å². The van der Waals surface area contributed by atoms with E-state index in [4.69, 9.17) is 47.6 Å². The van der Waals surface area contributed by atoms with Crippen LogP contribution in [0.3, 0.4) is 0 Å². The lowest BCUT2D eigenvalue weighted by atomic mass is 9.72. The molecule has 0 bridgehead atoms. The fourth-order valence-electron chi connectivity index (χ4n) is 6.12. The lowest BCUT2D eigenvalue weighted by Crippen LogP contribution is -2.29. The van der Waals surface area contributed by atoms with Crippen LogP contribution in [0, 0.1) is 30.6 Å². The highest BCUT2D eigenvalue weighted by molar-refractivity contribution is 6.31. The lowest BCUT2D eigenvalue weighted by Gasteiger charge is -2.34. The molecule has 10 N–H and O–H groups in total. The molecule has 2 aromatic carbocycles. The highest BCUT2D eigenvalue weighted by atomic mass is 16.6. The van der Waals surface area contributed by atoms with E-state index in [1.807, 2.05) is 0 Å². The van der Waals surface area contributed by atoms with Crippen molar-refractivity contribution in [2.24, 2.45) is 23.7 Å². The second kappa shape index (κ2) is 14.6. The largest absolute Gasteiger partial charge is 0.462 e. The van der Waals surface area contributed by atoms with Crippen molar-refractivity contribution >= 4 is 52.3 Å². The van der Waals surface area contributed by atoms with Crippen molar-refractivity contribution < 1.29 is 38.1 Å². The van der Waals surface area contributed by atoms with Crippen molar-refractivity contribution in [3.8, 4) is 11.5 Å². The molecular weight excluding hydrogens is 594 g/mol. The number of hydrogen-bond acceptors (Lipinski definition) is 13. The highest BCUT2D eigenvalue weighted by Crippen LogP contribution is 2.40. The molecule has 0 saturated heterocycles. The maximum Gasteiger partial charge on any atom is 0.423 e. The first-order chi connectivity index (χ1) is 21.8. The Balaban J connectivity index is 1.46. The van der Waals surface area contributed by atoms with Crippen molar-refractivity contribution in [2.75, 3.05) is 41.9 Å². The first-order valence-corrected chi connectivity index (χ1v) is 15.8. The van der Waals surface area contributed by atoms with Gasteiger partial charge in [0, 0.05) is 0 Å². The van der Waals surface area contributed by atoms with Gasteiger partial charge >= 0.3 is 23.9 Å². The predicted octanol–water partition coefficient (Wildman–Crippen LogP) is 4.38. The minimum Gasteiger partial charge on any atom is -0.462 e. The van der Waals surface area contributed by atoms with Gasteiger partial charge in [-0.2, -0.15) is 0 Å². The van der Waals surface area contributed by atoms with Crippen LogP contribution < -0.4 is 38.1 Å². The van der Waals surface area contributed by atoms with Crippen LogP contribution in [-0.4, -0.2) is 37.1 Å². The van der Waals surface area contributed by atoms with Crippen LogP contribution in [0.25, 0.3) is 0 Å². The summed E-state index contributed by atoms with van der Waals surface area (Å²) in [7, 11) is 0. The zero-order valence-corrected chi connectivity index (χ0v) is 26.7. The molecule has 4 rings (SSSR count). The molecule has 13 heteroatoms. The normalized spacial score (nSPS) is 20.2. The van der Waals surface area contributed by atoms with E-state index in [-0.39, 0.29) is 47.2 Å². The maximum atomic E-state index is 13.1. The Labute approximate surface area is 268 Å². The van der Waals surface area contributed by atoms with Gasteiger partial charge in [0.25, 0.3) is 0 Å². The first kappa shape index (κ1) is 34.2. The summed E-state index contributed by atoms with van der Waals surface area (Å²) in [4.78, 5) is 52.1. The molecule has 2 fully saturated rings. The van der Waals surface area contributed by atoms with E-state index in [1.54, 1.807) is 6.92 Å². The Hall–Kier alpha value is -4.68. The Morgan fingerprint density at radius 2 is 1.04 bits per heavy atom. The predicted molar refractivity (Wildman–Crippen MR) is 174 cm³/mol. The van der Waals surface area contributed by atoms with Gasteiger partial charge in [0.15, 0.2) is 11.5 Å². The smallest absolute Gasteiger partial charge is 0.423 e. The minimum absolute atomic E-state index is 0.0299. The van der Waals surface area contributed by atoms with Crippen LogP contribution in [0.2, 0.25) is 0 Å². The van der Waals surface area contributed by atoms with E-state index in [0.29, 0.717) is 42.1 Å². The number of anilines is 5. The minimum atomic E-state index is -1.58. The zero-order chi connectivity index (χ0) is 33.7. The summed E-state index contributed by atoms with van der Waals surface area (Å²) in [5.74, 6) is -3.61. The number of carbonyl (C=O) groups is 4. The lowest BCUT2D eigenvalue weighted by molar-refractivity contribution is -0.156. The van der Waals surface area contributed by atoms with Crippen LogP contribution in [-0.2, 0) is 19.1 Å². The van der Waals surface area contributed by atoms with Crippen molar-refractivity contribution in [2.45, 2.75) is 72.1 Å². The van der Waals surface area contributed by atoms with Gasteiger partial charge in [-0.05, 0) is 86.8 Å². The first-order valence-electron chi connectivity index (χ1n) is 15.8. The average Bonchev–Trinajstić information content (AvgIpc) is 2.96. The molecule has 0 aliphatic heterocycles. The number of benzene rings is 2. The van der Waals surface area contributed by atoms with E-state index < -0.39 is 40.9 Å². The van der Waals surface area contributed by atoms with Crippen LogP contribution in [0.4, 0.5) is 28.4 Å². The molecule has 0 unspecified atom stereocenters. The summed E-state index contributed by atoms with van der Waals surface area (Å²) in [6.45, 7) is 6.15. The van der Waals surface area contributed by atoms with Crippen molar-refractivity contribution in [1.29, 1.82) is 0 Å². The van der Waals surface area contributed by atoms with Crippen LogP contribution in [0.15, 0.2) is 12.1 Å². The van der Waals surface area contributed by atoms with Gasteiger partial charge in [-0.15, -0.1) is 0 Å². The Morgan fingerprint density at radius 3 is 1.48 bits per heavy atom. The molecular formula is C33H45N5O8. The number of carbonyl (C=O) groups excluding carboxylic acids is 4. The van der Waals surface area contributed by atoms with E-state index in [9.17, 15) is 19.2 Å². The molecule has 2 aliphatic rings. The van der Waals surface area contributed by atoms with E-state index in [2.05, 4.69) is 13.8 Å². The third-order valence-corrected chi connectivity index (χ3v) is 9.24. The number of esters is 4. The fourth-order valence-corrected chi connectivity index (χ4v) is 6.12. The number of nitrogen functional groups attached to an aromatic ring is 5. The quantitative estimate of drug-likeness (QED) is 0.0939. The molecule has 0 radical (unpaired) electrons. The fraction of sp³-hybridized carbons (Fsp3) is 0.515. The van der Waals surface area contributed by atoms with Crippen LogP contribution in [0.5, 0.6) is 11.5 Å². The van der Waals surface area contributed by atoms with Gasteiger partial charge in [0.1, 0.15) is 11.1 Å². The van der Waals surface area contributed by atoms with Crippen LogP contribution in [0.1, 0.15) is 91.5 Å². The van der Waals surface area contributed by atoms with Gasteiger partial charge < -0.3 is 47.6 Å². The second-order valence-corrected chi connectivity index (χ2v) is 12.4. The monoisotopic (exact) mass is 639 g/mol. The SMILES string of the molecule is CCC1CC(CCOC(=O)c2c(N)c(C)cc(N)c2OC(=O)C(=O)Oc2c(N)cc(N)c(N)c2C(=O)OCCC2CC(CC)C2)C1. The summed E-state index contributed by atoms with van der Waals surface area (Å²) >= 11 is 0. The van der Waals surface area contributed by atoms with Crippen LogP contribution >= 0.6 is 0 Å². The highest BCUT2D eigenvalue weighted by Gasteiger charge is 2.33. The molecule has 13 nitrogen and oxygen atoms in total. The van der Waals surface area contributed by atoms with Crippen molar-refractivity contribution in [3.63, 3.8) is 0 Å². The number of aryl methyl sites for hydroxylation is 1. The Kier molecular flexibility index (Phi) is 10.9. The number of rotatable bonds is 12. The molecule has 0 atom stereocenters. The van der Waals surface area contributed by atoms with E-state index in [1.165, 1.54) is 12.1 Å². The molecule has 0 heterocycles. The van der Waals surface area contributed by atoms with Gasteiger partial charge in [-0.25, -0.2) is 19.2 Å². The molecule has 2 aliphatic carbocycles. The standard InChI is InChI=1S/C33H45N5O8/c1-4-17-11-19(12-17)6-8-43-30(39)24-26(37)16(3)10-22(35)28(24)45-32(41)33(42)46-29-23(36)15-21(34)27(38)25(29)31(40)44-9-7-20-13-18(5-2)14-20/h10,15,17-20H,4-9,11-14,34-38H2,1-3H3. The summed E-state index contributed by atoms with van der Waals surface area (Å²) < 4.78 is 21.3.